The number of aliphatic hydroxyl groups excluding tert-OH is 1. The van der Waals surface area contributed by atoms with Gasteiger partial charge in [-0.1, -0.05) is 32.9 Å². The Morgan fingerprint density at radius 3 is 2.52 bits per heavy atom. The Morgan fingerprint density at radius 1 is 1.21 bits per heavy atom. The molecule has 0 amide bonds. The average molecular weight is 463 g/mol. The average Bonchev–Trinajstić information content (AvgIpc) is 2.72. The summed E-state index contributed by atoms with van der Waals surface area (Å²) >= 11 is 0. The predicted octanol–water partition coefficient (Wildman–Crippen LogP) is 4.04. The van der Waals surface area contributed by atoms with E-state index in [1.165, 1.54) is 0 Å². The van der Waals surface area contributed by atoms with Gasteiger partial charge >= 0.3 is 17.9 Å². The lowest BCUT2D eigenvalue weighted by atomic mass is 9.63. The molecule has 7 unspecified atom stereocenters. The standard InChI is InChI=1S/C26H38O7/c1-6-26(4,5)25(31)33-20-11-15(3)22(24(29)30)19-9-7-14(2)18(23(19)20)10-8-17-12-16(27)13-21(28)32-17/h7,9,14-18,20,23,27H,6,8,10-13H2,1-5H3,(H,29,30). The van der Waals surface area contributed by atoms with Crippen LogP contribution in [0.3, 0.4) is 0 Å². The summed E-state index contributed by atoms with van der Waals surface area (Å²) in [4.78, 5) is 36.9. The molecule has 3 aliphatic rings. The highest BCUT2D eigenvalue weighted by atomic mass is 16.6. The van der Waals surface area contributed by atoms with Crippen LogP contribution in [0.15, 0.2) is 23.3 Å². The molecule has 0 aromatic heterocycles. The van der Waals surface area contributed by atoms with Crippen molar-refractivity contribution in [2.24, 2.45) is 29.1 Å². The van der Waals surface area contributed by atoms with Crippen molar-refractivity contribution >= 4 is 17.9 Å². The van der Waals surface area contributed by atoms with Gasteiger partial charge in [0, 0.05) is 17.9 Å². The van der Waals surface area contributed by atoms with Crippen LogP contribution in [0.25, 0.3) is 0 Å². The second-order valence-corrected chi connectivity index (χ2v) is 10.7. The van der Waals surface area contributed by atoms with Crippen LogP contribution in [-0.2, 0) is 23.9 Å². The van der Waals surface area contributed by atoms with Crippen molar-refractivity contribution < 1.29 is 34.1 Å². The van der Waals surface area contributed by atoms with Gasteiger partial charge in [-0.2, -0.15) is 0 Å². The number of aliphatic carboxylic acids is 1. The number of hydrogen-bond donors (Lipinski definition) is 2. The summed E-state index contributed by atoms with van der Waals surface area (Å²) in [5.41, 5.74) is 0.532. The number of esters is 2. The molecule has 0 saturated carbocycles. The number of carboxylic acid groups (broad SMARTS) is 1. The number of aliphatic hydroxyl groups is 1. The fourth-order valence-corrected chi connectivity index (χ4v) is 5.47. The van der Waals surface area contributed by atoms with E-state index in [0.29, 0.717) is 37.7 Å². The minimum absolute atomic E-state index is 0.0275. The van der Waals surface area contributed by atoms with Crippen molar-refractivity contribution in [2.45, 2.75) is 91.5 Å². The van der Waals surface area contributed by atoms with Gasteiger partial charge in [0.1, 0.15) is 12.2 Å². The van der Waals surface area contributed by atoms with E-state index in [2.05, 4.69) is 6.92 Å². The Morgan fingerprint density at radius 2 is 1.91 bits per heavy atom. The SMILES string of the molecule is CCC(C)(C)C(=O)OC1CC(C)C(C(=O)O)=C2C=CC(C)C(CCC3CC(O)CC(=O)O3)C21. The topological polar surface area (TPSA) is 110 Å². The maximum absolute atomic E-state index is 13.0. The lowest BCUT2D eigenvalue weighted by molar-refractivity contribution is -0.166. The smallest absolute Gasteiger partial charge is 0.332 e. The highest BCUT2D eigenvalue weighted by Crippen LogP contribution is 2.48. The monoisotopic (exact) mass is 462 g/mol. The van der Waals surface area contributed by atoms with Gasteiger partial charge in [-0.3, -0.25) is 9.59 Å². The van der Waals surface area contributed by atoms with Crippen LogP contribution in [0.1, 0.15) is 73.1 Å². The zero-order valence-electron chi connectivity index (χ0n) is 20.4. The number of ether oxygens (including phenoxy) is 2. The second-order valence-electron chi connectivity index (χ2n) is 10.7. The molecule has 2 aliphatic carbocycles. The van der Waals surface area contributed by atoms with Crippen molar-refractivity contribution in [3.63, 3.8) is 0 Å². The molecule has 0 bridgehead atoms. The van der Waals surface area contributed by atoms with E-state index in [4.69, 9.17) is 9.47 Å². The number of fused-ring (bicyclic) bond motifs is 1. The third kappa shape index (κ3) is 5.51. The summed E-state index contributed by atoms with van der Waals surface area (Å²) in [6, 6.07) is 0. The zero-order valence-corrected chi connectivity index (χ0v) is 20.4. The molecule has 7 atom stereocenters. The lowest BCUT2D eigenvalue weighted by Crippen LogP contribution is -2.45. The number of cyclic esters (lactones) is 1. The largest absolute Gasteiger partial charge is 0.478 e. The molecular weight excluding hydrogens is 424 g/mol. The van der Waals surface area contributed by atoms with Gasteiger partial charge in [0.2, 0.25) is 0 Å². The van der Waals surface area contributed by atoms with Crippen molar-refractivity contribution in [1.29, 1.82) is 0 Å². The fourth-order valence-electron chi connectivity index (χ4n) is 5.47. The van der Waals surface area contributed by atoms with E-state index < -0.39 is 23.6 Å². The van der Waals surface area contributed by atoms with Crippen LogP contribution < -0.4 is 0 Å². The molecule has 1 saturated heterocycles. The highest BCUT2D eigenvalue weighted by Gasteiger charge is 2.46. The van der Waals surface area contributed by atoms with E-state index in [1.54, 1.807) is 0 Å². The van der Waals surface area contributed by atoms with E-state index >= 15 is 0 Å². The summed E-state index contributed by atoms with van der Waals surface area (Å²) in [5, 5.41) is 19.9. The lowest BCUT2D eigenvalue weighted by Gasteiger charge is -2.45. The Hall–Kier alpha value is -2.15. The number of rotatable bonds is 7. The van der Waals surface area contributed by atoms with Crippen molar-refractivity contribution in [1.82, 2.24) is 0 Å². The summed E-state index contributed by atoms with van der Waals surface area (Å²) in [7, 11) is 0. The maximum Gasteiger partial charge on any atom is 0.332 e. The van der Waals surface area contributed by atoms with E-state index in [-0.39, 0.29) is 48.1 Å². The molecule has 7 nitrogen and oxygen atoms in total. The van der Waals surface area contributed by atoms with Crippen molar-refractivity contribution in [3.05, 3.63) is 23.3 Å². The first-order valence-electron chi connectivity index (χ1n) is 12.2. The number of allylic oxidation sites excluding steroid dienone is 2. The first-order valence-corrected chi connectivity index (χ1v) is 12.2. The molecule has 0 spiro atoms. The van der Waals surface area contributed by atoms with Crippen molar-refractivity contribution in [2.75, 3.05) is 0 Å². The van der Waals surface area contributed by atoms with Crippen LogP contribution in [-0.4, -0.2) is 46.4 Å². The summed E-state index contributed by atoms with van der Waals surface area (Å²) in [6.07, 6.45) is 5.31. The van der Waals surface area contributed by atoms with Crippen LogP contribution >= 0.6 is 0 Å². The Labute approximate surface area is 196 Å². The zero-order chi connectivity index (χ0) is 24.5. The van der Waals surface area contributed by atoms with Crippen LogP contribution in [0.5, 0.6) is 0 Å². The van der Waals surface area contributed by atoms with Gasteiger partial charge in [-0.05, 0) is 62.9 Å². The molecule has 0 radical (unpaired) electrons. The quantitative estimate of drug-likeness (QED) is 0.549. The summed E-state index contributed by atoms with van der Waals surface area (Å²) in [6.45, 7) is 9.65. The molecule has 0 aromatic carbocycles. The Balaban J connectivity index is 1.90. The molecule has 1 fully saturated rings. The van der Waals surface area contributed by atoms with Crippen molar-refractivity contribution in [3.8, 4) is 0 Å². The normalized spacial score (nSPS) is 34.5. The first-order chi connectivity index (χ1) is 15.4. The predicted molar refractivity (Wildman–Crippen MR) is 122 cm³/mol. The third-order valence-corrected chi connectivity index (χ3v) is 7.85. The van der Waals surface area contributed by atoms with Crippen LogP contribution in [0.2, 0.25) is 0 Å². The maximum atomic E-state index is 13.0. The molecule has 184 valence electrons. The van der Waals surface area contributed by atoms with E-state index in [1.807, 2.05) is 39.8 Å². The third-order valence-electron chi connectivity index (χ3n) is 7.85. The molecule has 2 N–H and O–H groups in total. The molecule has 7 heteroatoms. The first kappa shape index (κ1) is 25.5. The van der Waals surface area contributed by atoms with Gasteiger partial charge in [-0.15, -0.1) is 0 Å². The summed E-state index contributed by atoms with van der Waals surface area (Å²) < 4.78 is 11.5. The second kappa shape index (κ2) is 10.00. The molecule has 3 rings (SSSR count). The number of hydrogen-bond acceptors (Lipinski definition) is 6. The Bertz CT molecular complexity index is 840. The van der Waals surface area contributed by atoms with E-state index in [0.717, 1.165) is 5.57 Å². The van der Waals surface area contributed by atoms with Gasteiger partial charge in [0.05, 0.1) is 17.9 Å². The number of carboxylic acids is 1. The van der Waals surface area contributed by atoms with Crippen LogP contribution in [0.4, 0.5) is 0 Å². The highest BCUT2D eigenvalue weighted by molar-refractivity contribution is 5.89. The number of carbonyl (C=O) groups excluding carboxylic acids is 2. The minimum atomic E-state index is -0.927. The van der Waals surface area contributed by atoms with E-state index in [9.17, 15) is 24.6 Å². The van der Waals surface area contributed by atoms with Gasteiger partial charge in [0.15, 0.2) is 0 Å². The molecule has 1 heterocycles. The van der Waals surface area contributed by atoms with Crippen LogP contribution in [0, 0.1) is 29.1 Å². The number of carbonyl (C=O) groups is 3. The fraction of sp³-hybridized carbons (Fsp3) is 0.731. The molecule has 0 aromatic rings. The van der Waals surface area contributed by atoms with Gasteiger partial charge in [-0.25, -0.2) is 4.79 Å². The molecular formula is C26H38O7. The van der Waals surface area contributed by atoms with Gasteiger partial charge < -0.3 is 19.7 Å². The molecule has 1 aliphatic heterocycles. The Kier molecular flexibility index (Phi) is 7.72. The summed E-state index contributed by atoms with van der Waals surface area (Å²) in [5.74, 6) is -1.85. The van der Waals surface area contributed by atoms with Gasteiger partial charge in [0.25, 0.3) is 0 Å². The minimum Gasteiger partial charge on any atom is -0.478 e. The molecule has 33 heavy (non-hydrogen) atoms.